The Labute approximate surface area is 548 Å². The van der Waals surface area contributed by atoms with E-state index in [1.165, 1.54) is 33.1 Å². The first-order valence-corrected chi connectivity index (χ1v) is 32.4. The second-order valence-electron chi connectivity index (χ2n) is 24.6. The summed E-state index contributed by atoms with van der Waals surface area (Å²) in [4.78, 5) is 5.30. The normalized spacial score (nSPS) is 12.2. The molecular formula is C90H59BN2O. The van der Waals surface area contributed by atoms with Gasteiger partial charge in [-0.1, -0.05) is 303 Å². The van der Waals surface area contributed by atoms with Crippen LogP contribution in [0.4, 0.5) is 34.1 Å². The summed E-state index contributed by atoms with van der Waals surface area (Å²) in [5, 5.41) is 2.17. The molecule has 0 unspecified atom stereocenters. The van der Waals surface area contributed by atoms with Gasteiger partial charge in [0.25, 0.3) is 6.71 Å². The largest absolute Gasteiger partial charge is 0.456 e. The van der Waals surface area contributed by atoms with Crippen molar-refractivity contribution < 1.29 is 4.42 Å². The molecule has 2 aliphatic heterocycles. The van der Waals surface area contributed by atoms with Crippen LogP contribution >= 0.6 is 0 Å². The lowest BCUT2D eigenvalue weighted by Gasteiger charge is -2.46. The van der Waals surface area contributed by atoms with Crippen LogP contribution in [-0.2, 0) is 0 Å². The summed E-state index contributed by atoms with van der Waals surface area (Å²) in [5.74, 6) is 0. The fourth-order valence-electron chi connectivity index (χ4n) is 14.9. The van der Waals surface area contributed by atoms with Crippen molar-refractivity contribution in [3.8, 4) is 100 Å². The summed E-state index contributed by atoms with van der Waals surface area (Å²) in [6.45, 7) is -0.244. The Kier molecular flexibility index (Phi) is 13.3. The first kappa shape index (κ1) is 54.7. The van der Waals surface area contributed by atoms with Gasteiger partial charge < -0.3 is 14.2 Å². The predicted octanol–water partition coefficient (Wildman–Crippen LogP) is 22.7. The molecule has 15 aromatic carbocycles. The third-order valence-corrected chi connectivity index (χ3v) is 19.2. The Morgan fingerprint density at radius 2 is 0.532 bits per heavy atom. The van der Waals surface area contributed by atoms with Crippen molar-refractivity contribution in [3.63, 3.8) is 0 Å². The van der Waals surface area contributed by atoms with Gasteiger partial charge >= 0.3 is 0 Å². The molecule has 438 valence electrons. The van der Waals surface area contributed by atoms with Crippen molar-refractivity contribution in [1.82, 2.24) is 0 Å². The summed E-state index contributed by atoms with van der Waals surface area (Å²) in [5.41, 5.74) is 32.5. The number of anilines is 6. The second kappa shape index (κ2) is 22.9. The SMILES string of the molecule is c1ccc(-c2cccc(-c3cccc(-c4cccc(-c5ccccc5)c4)c3N3c4ccc(-c5ccccc5)cc4B4c5cc(-c6ccccc6)ccc5N(c5c(-c6ccccc6)cccc5-c5ccccc5)c5cc(-c6ccc7oc8ccccc8c7c6)cc3c54)c2)cc1. The molecule has 0 radical (unpaired) electrons. The highest BCUT2D eigenvalue weighted by molar-refractivity contribution is 7.00. The van der Waals surface area contributed by atoms with Gasteiger partial charge in [-0.25, -0.2) is 0 Å². The Morgan fingerprint density at radius 3 is 0.979 bits per heavy atom. The van der Waals surface area contributed by atoms with Gasteiger partial charge in [-0.3, -0.25) is 0 Å². The van der Waals surface area contributed by atoms with Crippen molar-refractivity contribution >= 4 is 79.2 Å². The van der Waals surface area contributed by atoms with E-state index < -0.39 is 0 Å². The van der Waals surface area contributed by atoms with Gasteiger partial charge in [0.1, 0.15) is 11.2 Å². The standard InChI is InChI=1S/C90H59BN2O/c1-7-25-60(26-8-1)66-37-21-39-71(53-66)76-44-24-45-77(72-40-22-38-67(54-72)61-27-9-2-10-28-61)90(76)93-83-51-48-70(63-31-13-4-14-32-63)57-81(83)91-80-56-69(62-29-11-3-12-30-62)47-50-82(80)92(89-74(64-33-15-5-16-34-64)42-23-43-75(89)65-35-17-6-18-36-65)84-58-73(59-85(93)88(84)91)68-49-52-87-79(55-68)78-41-19-20-46-86(78)94-87/h1-59H. The minimum atomic E-state index is -0.244. The van der Waals surface area contributed by atoms with Crippen LogP contribution in [0, 0.1) is 0 Å². The van der Waals surface area contributed by atoms with Gasteiger partial charge in [0.05, 0.1) is 11.4 Å². The monoisotopic (exact) mass is 1190 g/mol. The highest BCUT2D eigenvalue weighted by Gasteiger charge is 2.46. The Balaban J connectivity index is 1.01. The average molecular weight is 1200 g/mol. The molecule has 0 amide bonds. The van der Waals surface area contributed by atoms with Crippen LogP contribution < -0.4 is 26.2 Å². The van der Waals surface area contributed by atoms with E-state index in [9.17, 15) is 0 Å². The van der Waals surface area contributed by atoms with Gasteiger partial charge in [-0.2, -0.15) is 0 Å². The summed E-state index contributed by atoms with van der Waals surface area (Å²) in [7, 11) is 0. The van der Waals surface area contributed by atoms with Crippen LogP contribution in [0.3, 0.4) is 0 Å². The molecular weight excluding hydrogens is 1140 g/mol. The van der Waals surface area contributed by atoms with E-state index in [1.807, 2.05) is 0 Å². The van der Waals surface area contributed by atoms with Crippen LogP contribution in [0.1, 0.15) is 0 Å². The fourth-order valence-corrected chi connectivity index (χ4v) is 14.9. The van der Waals surface area contributed by atoms with E-state index >= 15 is 0 Å². The molecule has 0 aliphatic carbocycles. The van der Waals surface area contributed by atoms with E-state index in [-0.39, 0.29) is 6.71 Å². The molecule has 1 aromatic heterocycles. The molecule has 18 rings (SSSR count). The molecule has 0 spiro atoms. The van der Waals surface area contributed by atoms with Gasteiger partial charge in [0, 0.05) is 55.8 Å². The number of hydrogen-bond acceptors (Lipinski definition) is 3. The molecule has 0 atom stereocenters. The smallest absolute Gasteiger partial charge is 0.252 e. The van der Waals surface area contributed by atoms with E-state index in [0.717, 1.165) is 140 Å². The lowest BCUT2D eigenvalue weighted by molar-refractivity contribution is 0.669. The Morgan fingerprint density at radius 1 is 0.202 bits per heavy atom. The number of para-hydroxylation sites is 3. The van der Waals surface area contributed by atoms with Gasteiger partial charge in [0.15, 0.2) is 0 Å². The van der Waals surface area contributed by atoms with Crippen LogP contribution in [0.2, 0.25) is 0 Å². The van der Waals surface area contributed by atoms with Crippen LogP contribution in [0.15, 0.2) is 362 Å². The number of furan rings is 1. The quantitative estimate of drug-likeness (QED) is 0.120. The highest BCUT2D eigenvalue weighted by Crippen LogP contribution is 2.54. The number of fused-ring (bicyclic) bond motifs is 7. The first-order valence-electron chi connectivity index (χ1n) is 32.4. The maximum atomic E-state index is 6.59. The van der Waals surface area contributed by atoms with Crippen molar-refractivity contribution in [1.29, 1.82) is 0 Å². The first-order chi connectivity index (χ1) is 46.6. The summed E-state index contributed by atoms with van der Waals surface area (Å²) >= 11 is 0. The zero-order valence-electron chi connectivity index (χ0n) is 51.4. The van der Waals surface area contributed by atoms with E-state index in [1.54, 1.807) is 0 Å². The van der Waals surface area contributed by atoms with Crippen molar-refractivity contribution in [2.45, 2.75) is 0 Å². The van der Waals surface area contributed by atoms with E-state index in [2.05, 4.69) is 368 Å². The van der Waals surface area contributed by atoms with Crippen molar-refractivity contribution in [2.24, 2.45) is 0 Å². The molecule has 0 N–H and O–H groups in total. The minimum Gasteiger partial charge on any atom is -0.456 e. The third kappa shape index (κ3) is 9.37. The van der Waals surface area contributed by atoms with Crippen molar-refractivity contribution in [3.05, 3.63) is 358 Å². The summed E-state index contributed by atoms with van der Waals surface area (Å²) < 4.78 is 6.59. The molecule has 16 aromatic rings. The molecule has 2 aliphatic rings. The summed E-state index contributed by atoms with van der Waals surface area (Å²) in [6.07, 6.45) is 0. The number of hydrogen-bond donors (Lipinski definition) is 0. The third-order valence-electron chi connectivity index (χ3n) is 19.2. The van der Waals surface area contributed by atoms with E-state index in [4.69, 9.17) is 4.42 Å². The molecule has 4 heteroatoms. The molecule has 3 nitrogen and oxygen atoms in total. The lowest BCUT2D eigenvalue weighted by atomic mass is 9.33. The zero-order chi connectivity index (χ0) is 62.1. The zero-order valence-corrected chi connectivity index (χ0v) is 51.4. The Hall–Kier alpha value is -12.2. The van der Waals surface area contributed by atoms with Crippen LogP contribution in [-0.4, -0.2) is 6.71 Å². The average Bonchev–Trinajstić information content (AvgIpc) is 0.763. The molecule has 94 heavy (non-hydrogen) atoms. The molecule has 0 bridgehead atoms. The topological polar surface area (TPSA) is 19.6 Å². The van der Waals surface area contributed by atoms with E-state index in [0.29, 0.717) is 0 Å². The number of nitrogens with zero attached hydrogens (tertiary/aromatic N) is 2. The lowest BCUT2D eigenvalue weighted by Crippen LogP contribution is -2.61. The van der Waals surface area contributed by atoms with Crippen LogP contribution in [0.5, 0.6) is 0 Å². The second-order valence-corrected chi connectivity index (χ2v) is 24.6. The minimum absolute atomic E-state index is 0.244. The fraction of sp³-hybridized carbons (Fsp3) is 0. The molecule has 3 heterocycles. The predicted molar refractivity (Wildman–Crippen MR) is 397 cm³/mol. The highest BCUT2D eigenvalue weighted by atomic mass is 16.3. The maximum absolute atomic E-state index is 6.59. The molecule has 0 saturated heterocycles. The van der Waals surface area contributed by atoms with Crippen molar-refractivity contribution in [2.75, 3.05) is 9.80 Å². The van der Waals surface area contributed by atoms with Crippen LogP contribution in [0.25, 0.3) is 122 Å². The molecule has 0 saturated carbocycles. The van der Waals surface area contributed by atoms with Gasteiger partial charge in [-0.15, -0.1) is 0 Å². The summed E-state index contributed by atoms with van der Waals surface area (Å²) in [6, 6.07) is 132. The Bertz CT molecular complexity index is 5400. The van der Waals surface area contributed by atoms with Gasteiger partial charge in [0.2, 0.25) is 0 Å². The van der Waals surface area contributed by atoms with Gasteiger partial charge in [-0.05, 0) is 149 Å². The number of rotatable bonds is 11. The molecule has 0 fully saturated rings. The maximum Gasteiger partial charge on any atom is 0.252 e. The number of benzene rings is 15.